The lowest BCUT2D eigenvalue weighted by molar-refractivity contribution is 0.530. The smallest absolute Gasteiger partial charge is 0.214 e. The third-order valence-electron chi connectivity index (χ3n) is 2.01. The van der Waals surface area contributed by atoms with Crippen molar-refractivity contribution in [1.82, 2.24) is 15.3 Å². The molecule has 0 bridgehead atoms. The van der Waals surface area contributed by atoms with Gasteiger partial charge >= 0.3 is 0 Å². The summed E-state index contributed by atoms with van der Waals surface area (Å²) in [4.78, 5) is 8.39. The Balaban J connectivity index is 1.99. The van der Waals surface area contributed by atoms with Gasteiger partial charge in [0, 0.05) is 19.8 Å². The molecule has 0 radical (unpaired) electrons. The van der Waals surface area contributed by atoms with Crippen LogP contribution in [0.25, 0.3) is 0 Å². The molecule has 0 spiro atoms. The maximum absolute atomic E-state index is 4.25. The fourth-order valence-electron chi connectivity index (χ4n) is 1.25. The van der Waals surface area contributed by atoms with Gasteiger partial charge in [0.1, 0.15) is 0 Å². The normalized spacial score (nSPS) is 15.1. The van der Waals surface area contributed by atoms with Crippen LogP contribution in [0.3, 0.4) is 0 Å². The zero-order valence-electron chi connectivity index (χ0n) is 8.59. The highest BCUT2D eigenvalue weighted by molar-refractivity contribution is 5.83. The molecule has 0 unspecified atom stereocenters. The van der Waals surface area contributed by atoms with Crippen molar-refractivity contribution in [2.24, 2.45) is 10.1 Å². The molecule has 5 nitrogen and oxygen atoms in total. The minimum Gasteiger partial charge on any atom is -0.353 e. The molecule has 1 aliphatic rings. The highest BCUT2D eigenvalue weighted by Gasteiger charge is 2.07. The molecule has 0 saturated carbocycles. The number of pyridine rings is 1. The van der Waals surface area contributed by atoms with Crippen molar-refractivity contribution in [2.75, 3.05) is 20.1 Å². The van der Waals surface area contributed by atoms with Crippen LogP contribution in [0.4, 0.5) is 0 Å². The van der Waals surface area contributed by atoms with Crippen LogP contribution in [0.15, 0.2) is 34.5 Å². The van der Waals surface area contributed by atoms with E-state index >= 15 is 0 Å². The minimum absolute atomic E-state index is 0.808. The summed E-state index contributed by atoms with van der Waals surface area (Å²) in [7, 11) is 1.86. The monoisotopic (exact) mass is 203 g/mol. The van der Waals surface area contributed by atoms with Crippen LogP contribution in [-0.4, -0.2) is 42.3 Å². The Kier molecular flexibility index (Phi) is 2.92. The van der Waals surface area contributed by atoms with Crippen molar-refractivity contribution in [3.8, 4) is 0 Å². The van der Waals surface area contributed by atoms with E-state index < -0.39 is 0 Å². The van der Waals surface area contributed by atoms with E-state index in [4.69, 9.17) is 0 Å². The Hall–Kier alpha value is -1.91. The lowest BCUT2D eigenvalue weighted by Gasteiger charge is -2.11. The second-order valence-electron chi connectivity index (χ2n) is 3.15. The van der Waals surface area contributed by atoms with Gasteiger partial charge in [0.25, 0.3) is 0 Å². The summed E-state index contributed by atoms with van der Waals surface area (Å²) < 4.78 is 0. The third-order valence-corrected chi connectivity index (χ3v) is 2.01. The number of nitrogens with one attached hydrogen (secondary N) is 1. The largest absolute Gasteiger partial charge is 0.353 e. The van der Waals surface area contributed by atoms with Crippen LogP contribution in [0.1, 0.15) is 5.69 Å². The summed E-state index contributed by atoms with van der Waals surface area (Å²) in [5.74, 6) is 0.808. The lowest BCUT2D eigenvalue weighted by Crippen LogP contribution is -2.32. The van der Waals surface area contributed by atoms with E-state index in [1.54, 1.807) is 17.4 Å². The Bertz CT molecular complexity index is 371. The lowest BCUT2D eigenvalue weighted by atomic mass is 10.4. The van der Waals surface area contributed by atoms with E-state index in [1.165, 1.54) is 0 Å². The first-order chi connectivity index (χ1) is 7.36. The molecule has 1 aromatic rings. The Labute approximate surface area is 88.5 Å². The summed E-state index contributed by atoms with van der Waals surface area (Å²) in [6.07, 6.45) is 3.45. The SMILES string of the molecule is CN(/N=C\c1ccccn1)C1=NCCN1. The molecule has 0 aromatic carbocycles. The van der Waals surface area contributed by atoms with Crippen molar-refractivity contribution < 1.29 is 0 Å². The predicted octanol–water partition coefficient (Wildman–Crippen LogP) is 0.306. The molecular weight excluding hydrogens is 190 g/mol. The van der Waals surface area contributed by atoms with Crippen molar-refractivity contribution in [2.45, 2.75) is 0 Å². The summed E-state index contributed by atoms with van der Waals surface area (Å²) in [5, 5.41) is 9.07. The van der Waals surface area contributed by atoms with E-state index in [0.717, 1.165) is 24.7 Å². The number of rotatable bonds is 2. The second kappa shape index (κ2) is 4.54. The first-order valence-corrected chi connectivity index (χ1v) is 4.83. The van der Waals surface area contributed by atoms with Gasteiger partial charge in [0.05, 0.1) is 18.5 Å². The van der Waals surface area contributed by atoms with E-state index in [-0.39, 0.29) is 0 Å². The Morgan fingerprint density at radius 1 is 1.53 bits per heavy atom. The number of aromatic nitrogens is 1. The number of guanidine groups is 1. The quantitative estimate of drug-likeness (QED) is 0.556. The molecule has 0 amide bonds. The summed E-state index contributed by atoms with van der Waals surface area (Å²) in [6, 6.07) is 5.71. The molecule has 0 fully saturated rings. The fraction of sp³-hybridized carbons (Fsp3) is 0.300. The van der Waals surface area contributed by atoms with Crippen LogP contribution in [0.5, 0.6) is 0 Å². The highest BCUT2D eigenvalue weighted by Crippen LogP contribution is 1.94. The van der Waals surface area contributed by atoms with Crippen molar-refractivity contribution in [1.29, 1.82) is 0 Å². The molecule has 15 heavy (non-hydrogen) atoms. The zero-order chi connectivity index (χ0) is 10.5. The average Bonchev–Trinajstić information content (AvgIpc) is 2.81. The van der Waals surface area contributed by atoms with Crippen molar-refractivity contribution in [3.63, 3.8) is 0 Å². The summed E-state index contributed by atoms with van der Waals surface area (Å²) in [5.41, 5.74) is 0.836. The fourth-order valence-corrected chi connectivity index (χ4v) is 1.25. The number of nitrogens with zero attached hydrogens (tertiary/aromatic N) is 4. The molecule has 2 rings (SSSR count). The minimum atomic E-state index is 0.808. The van der Waals surface area contributed by atoms with Crippen LogP contribution in [0.2, 0.25) is 0 Å². The highest BCUT2D eigenvalue weighted by atomic mass is 15.5. The zero-order valence-corrected chi connectivity index (χ0v) is 8.59. The van der Waals surface area contributed by atoms with Gasteiger partial charge in [-0.25, -0.2) is 10.0 Å². The number of hydrogen-bond donors (Lipinski definition) is 1. The van der Waals surface area contributed by atoms with E-state index in [9.17, 15) is 0 Å². The molecule has 0 saturated heterocycles. The van der Waals surface area contributed by atoms with Crippen LogP contribution >= 0.6 is 0 Å². The standard InChI is InChI=1S/C10H13N5/c1-15(10-12-6-7-13-10)14-8-9-4-2-3-5-11-9/h2-5,8H,6-7H2,1H3,(H,12,13)/b14-8-. The summed E-state index contributed by atoms with van der Waals surface area (Å²) >= 11 is 0. The molecule has 1 N–H and O–H groups in total. The van der Waals surface area contributed by atoms with Crippen molar-refractivity contribution in [3.05, 3.63) is 30.1 Å². The van der Waals surface area contributed by atoms with Gasteiger partial charge in [-0.3, -0.25) is 4.98 Å². The van der Waals surface area contributed by atoms with Gasteiger partial charge in [0.15, 0.2) is 0 Å². The maximum atomic E-state index is 4.25. The van der Waals surface area contributed by atoms with Crippen LogP contribution in [-0.2, 0) is 0 Å². The number of aliphatic imine (C=N–C) groups is 1. The van der Waals surface area contributed by atoms with Crippen molar-refractivity contribution >= 4 is 12.2 Å². The molecule has 2 heterocycles. The van der Waals surface area contributed by atoms with Gasteiger partial charge in [0.2, 0.25) is 5.96 Å². The molecule has 1 aliphatic heterocycles. The second-order valence-corrected chi connectivity index (χ2v) is 3.15. The van der Waals surface area contributed by atoms with E-state index in [2.05, 4.69) is 20.4 Å². The first kappa shape index (κ1) is 9.64. The van der Waals surface area contributed by atoms with Gasteiger partial charge < -0.3 is 5.32 Å². The molecule has 78 valence electrons. The van der Waals surface area contributed by atoms with Gasteiger partial charge in [-0.05, 0) is 12.1 Å². The number of hydrogen-bond acceptors (Lipinski definition) is 5. The van der Waals surface area contributed by atoms with Gasteiger partial charge in [-0.1, -0.05) is 6.07 Å². The number of hydrazone groups is 1. The van der Waals surface area contributed by atoms with Gasteiger partial charge in [-0.15, -0.1) is 0 Å². The third kappa shape index (κ3) is 2.52. The maximum Gasteiger partial charge on any atom is 0.214 e. The Morgan fingerprint density at radius 3 is 3.13 bits per heavy atom. The molecule has 1 aromatic heterocycles. The van der Waals surface area contributed by atoms with E-state index in [0.29, 0.717) is 0 Å². The average molecular weight is 203 g/mol. The topological polar surface area (TPSA) is 52.9 Å². The van der Waals surface area contributed by atoms with Crippen LogP contribution < -0.4 is 5.32 Å². The van der Waals surface area contributed by atoms with Crippen LogP contribution in [0, 0.1) is 0 Å². The molecule has 5 heteroatoms. The van der Waals surface area contributed by atoms with E-state index in [1.807, 2.05) is 25.2 Å². The Morgan fingerprint density at radius 2 is 2.47 bits per heavy atom. The summed E-state index contributed by atoms with van der Waals surface area (Å²) in [6.45, 7) is 1.71. The molecular formula is C10H13N5. The first-order valence-electron chi connectivity index (χ1n) is 4.83. The predicted molar refractivity (Wildman–Crippen MR) is 59.9 cm³/mol. The molecule has 0 aliphatic carbocycles. The molecule has 0 atom stereocenters. The van der Waals surface area contributed by atoms with Gasteiger partial charge in [-0.2, -0.15) is 5.10 Å².